The Bertz CT molecular complexity index is 2740. The molecule has 1 saturated heterocycles. The molecule has 1 aromatic heterocycles. The highest BCUT2D eigenvalue weighted by molar-refractivity contribution is 6.45. The number of alkyl halides is 7. The van der Waals surface area contributed by atoms with Crippen LogP contribution in [0.15, 0.2) is 120 Å². The number of benzene rings is 4. The molecule has 4 aromatic carbocycles. The molecule has 12 heteroatoms. The Labute approximate surface area is 397 Å². The highest BCUT2D eigenvalue weighted by atomic mass is 19.4. The second-order valence-corrected chi connectivity index (χ2v) is 22.4. The van der Waals surface area contributed by atoms with Gasteiger partial charge in [0.2, 0.25) is 0 Å². The molecule has 0 N–H and O–H groups in total. The molecule has 68 heavy (non-hydrogen) atoms. The standard InChI is InChI=1S/C56H62BF7N2O2/c1-34(48-44(35-14-22-39(23-15-35)50(2,3)4)30-46(65-48)37-18-26-41(27-19-37)52(8,9)10)49-45(36-16-24-40(25-17-36)51(5,6)7)31-47(38-20-28-42(29-21-38)53(11,12)13)66(49)57-67-33-43(68-57)32-54(58,59)55(60,61)56(62,63)64/h14-31,43H,32-33H2,1-13H3/b48-34-. The van der Waals surface area contributed by atoms with E-state index in [2.05, 4.69) is 138 Å². The first-order valence-electron chi connectivity index (χ1n) is 23.1. The second-order valence-electron chi connectivity index (χ2n) is 22.4. The van der Waals surface area contributed by atoms with Crippen molar-refractivity contribution in [3.05, 3.63) is 154 Å². The molecule has 0 bridgehead atoms. The molecule has 0 saturated carbocycles. The number of hydrogen-bond acceptors (Lipinski definition) is 3. The zero-order valence-electron chi connectivity index (χ0n) is 41.3. The molecule has 0 aliphatic carbocycles. The quantitative estimate of drug-likeness (QED) is 0.109. The topological polar surface area (TPSA) is 35.8 Å². The van der Waals surface area contributed by atoms with Crippen molar-refractivity contribution < 1.29 is 40.0 Å². The maximum Gasteiger partial charge on any atom is 0.598 e. The normalized spacial score (nSPS) is 17.5. The molecule has 7 rings (SSSR count). The average Bonchev–Trinajstić information content (AvgIpc) is 4.00. The SMILES string of the molecule is C/C(=C1/N=C(c2ccc(C(C)(C)C)cc2)C=C1c1ccc(C(C)(C)C)cc1)c1c(-c2ccc(C(C)(C)C)cc2)cc(-c2ccc(C(C)(C)C)cc2)n1B1OCC(CC(F)(F)C(F)(F)C(F)(F)F)O1. The van der Waals surface area contributed by atoms with E-state index in [1.54, 1.807) is 4.48 Å². The number of halogens is 7. The predicted octanol–water partition coefficient (Wildman–Crippen LogP) is 15.8. The Hall–Kier alpha value is -5.20. The minimum Gasteiger partial charge on any atom is -0.389 e. The van der Waals surface area contributed by atoms with Crippen LogP contribution in [0.2, 0.25) is 0 Å². The summed E-state index contributed by atoms with van der Waals surface area (Å²) in [6.07, 6.45) is -8.18. The molecule has 5 aromatic rings. The summed E-state index contributed by atoms with van der Waals surface area (Å²) >= 11 is 0. The third kappa shape index (κ3) is 10.1. The molecule has 1 fully saturated rings. The summed E-state index contributed by atoms with van der Waals surface area (Å²) in [5, 5.41) is 0. The summed E-state index contributed by atoms with van der Waals surface area (Å²) in [5.41, 5.74) is 11.7. The van der Waals surface area contributed by atoms with Crippen molar-refractivity contribution in [1.29, 1.82) is 0 Å². The van der Waals surface area contributed by atoms with Crippen LogP contribution >= 0.6 is 0 Å². The number of rotatable bonds is 9. The largest absolute Gasteiger partial charge is 0.598 e. The number of aromatic nitrogens is 1. The van der Waals surface area contributed by atoms with Gasteiger partial charge in [-0.2, -0.15) is 30.7 Å². The van der Waals surface area contributed by atoms with Gasteiger partial charge in [-0.05, 0) is 85.2 Å². The van der Waals surface area contributed by atoms with E-state index in [0.29, 0.717) is 39.5 Å². The lowest BCUT2D eigenvalue weighted by molar-refractivity contribution is -0.357. The van der Waals surface area contributed by atoms with Crippen LogP contribution in [-0.2, 0) is 31.0 Å². The van der Waals surface area contributed by atoms with Gasteiger partial charge in [0.25, 0.3) is 0 Å². The highest BCUT2D eigenvalue weighted by Crippen LogP contribution is 2.50. The van der Waals surface area contributed by atoms with E-state index in [-0.39, 0.29) is 21.7 Å². The van der Waals surface area contributed by atoms with Crippen LogP contribution in [0, 0.1) is 0 Å². The molecule has 1 atom stereocenters. The molecule has 0 radical (unpaired) electrons. The first kappa shape index (κ1) is 50.7. The van der Waals surface area contributed by atoms with Gasteiger partial charge in [-0.25, -0.2) is 4.99 Å². The third-order valence-electron chi connectivity index (χ3n) is 13.0. The molecule has 0 spiro atoms. The first-order chi connectivity index (χ1) is 31.3. The Morgan fingerprint density at radius 3 is 1.43 bits per heavy atom. The fourth-order valence-electron chi connectivity index (χ4n) is 8.63. The smallest absolute Gasteiger partial charge is 0.389 e. The van der Waals surface area contributed by atoms with E-state index in [1.165, 1.54) is 0 Å². The van der Waals surface area contributed by atoms with Crippen LogP contribution in [0.3, 0.4) is 0 Å². The summed E-state index contributed by atoms with van der Waals surface area (Å²) < 4.78 is 113. The lowest BCUT2D eigenvalue weighted by Gasteiger charge is -2.29. The van der Waals surface area contributed by atoms with Crippen LogP contribution in [0.4, 0.5) is 30.7 Å². The molecule has 1 unspecified atom stereocenters. The van der Waals surface area contributed by atoms with Gasteiger partial charge < -0.3 is 13.8 Å². The van der Waals surface area contributed by atoms with Gasteiger partial charge in [0, 0.05) is 34.5 Å². The first-order valence-corrected chi connectivity index (χ1v) is 23.1. The van der Waals surface area contributed by atoms with Crippen molar-refractivity contribution in [2.45, 2.75) is 142 Å². The molecule has 0 amide bonds. The Morgan fingerprint density at radius 1 is 0.588 bits per heavy atom. The number of hydrogen-bond donors (Lipinski definition) is 0. The van der Waals surface area contributed by atoms with E-state index in [0.717, 1.165) is 44.5 Å². The van der Waals surface area contributed by atoms with Crippen molar-refractivity contribution in [3.63, 3.8) is 0 Å². The van der Waals surface area contributed by atoms with Crippen LogP contribution < -0.4 is 0 Å². The monoisotopic (exact) mass is 938 g/mol. The number of allylic oxidation sites excluding steroid dienone is 3. The van der Waals surface area contributed by atoms with Crippen LogP contribution in [-0.4, -0.2) is 48.2 Å². The average molecular weight is 939 g/mol. The maximum atomic E-state index is 15.0. The third-order valence-corrected chi connectivity index (χ3v) is 13.0. The van der Waals surface area contributed by atoms with Crippen LogP contribution in [0.1, 0.15) is 136 Å². The van der Waals surface area contributed by atoms with Crippen LogP contribution in [0.25, 0.3) is 33.5 Å². The van der Waals surface area contributed by atoms with E-state index in [1.807, 2.05) is 61.5 Å². The van der Waals surface area contributed by atoms with Crippen LogP contribution in [0.5, 0.6) is 0 Å². The zero-order valence-corrected chi connectivity index (χ0v) is 41.3. The molecule has 2 aliphatic heterocycles. The predicted molar refractivity (Wildman–Crippen MR) is 263 cm³/mol. The van der Waals surface area contributed by atoms with Gasteiger partial charge in [-0.3, -0.25) is 0 Å². The highest BCUT2D eigenvalue weighted by Gasteiger charge is 2.73. The van der Waals surface area contributed by atoms with Gasteiger partial charge in [0.15, 0.2) is 0 Å². The number of aliphatic imine (C=N–C) groups is 1. The van der Waals surface area contributed by atoms with E-state index in [4.69, 9.17) is 14.3 Å². The van der Waals surface area contributed by atoms with E-state index >= 15 is 8.78 Å². The fraction of sp³-hybridized carbons (Fsp3) is 0.411. The van der Waals surface area contributed by atoms with Crippen molar-refractivity contribution in [2.24, 2.45) is 4.99 Å². The van der Waals surface area contributed by atoms with Crippen molar-refractivity contribution >= 4 is 24.1 Å². The van der Waals surface area contributed by atoms with Crippen molar-refractivity contribution in [2.75, 3.05) is 6.61 Å². The Kier molecular flexibility index (Phi) is 13.1. The van der Waals surface area contributed by atoms with Gasteiger partial charge in [-0.15, -0.1) is 0 Å². The summed E-state index contributed by atoms with van der Waals surface area (Å²) in [7, 11) is -1.52. The minimum atomic E-state index is -6.48. The van der Waals surface area contributed by atoms with Gasteiger partial charge in [-0.1, -0.05) is 180 Å². The van der Waals surface area contributed by atoms with E-state index < -0.39 is 44.4 Å². The van der Waals surface area contributed by atoms with Crippen molar-refractivity contribution in [3.8, 4) is 22.4 Å². The summed E-state index contributed by atoms with van der Waals surface area (Å²) in [4.78, 5) is 5.36. The second kappa shape index (κ2) is 17.6. The molecule has 4 nitrogen and oxygen atoms in total. The molecule has 2 aliphatic rings. The fourth-order valence-corrected chi connectivity index (χ4v) is 8.63. The van der Waals surface area contributed by atoms with Gasteiger partial charge in [0.05, 0.1) is 24.1 Å². The number of nitrogens with zero attached hydrogens (tertiary/aromatic N) is 2. The lowest BCUT2D eigenvalue weighted by atomic mass is 9.85. The van der Waals surface area contributed by atoms with E-state index in [9.17, 15) is 22.0 Å². The molecular formula is C56H62BF7N2O2. The molecular weight excluding hydrogens is 876 g/mol. The minimum absolute atomic E-state index is 0.0797. The Morgan fingerprint density at radius 2 is 1.00 bits per heavy atom. The maximum absolute atomic E-state index is 15.0. The summed E-state index contributed by atoms with van der Waals surface area (Å²) in [6.45, 7) is 26.8. The van der Waals surface area contributed by atoms with Gasteiger partial charge >= 0.3 is 25.3 Å². The van der Waals surface area contributed by atoms with Gasteiger partial charge in [0.1, 0.15) is 0 Å². The lowest BCUT2D eigenvalue weighted by Crippen LogP contribution is -2.53. The molecule has 360 valence electrons. The Balaban J connectivity index is 1.50. The zero-order chi connectivity index (χ0) is 50.2. The molecule has 3 heterocycles. The van der Waals surface area contributed by atoms with Crippen molar-refractivity contribution in [1.82, 2.24) is 4.48 Å². The summed E-state index contributed by atoms with van der Waals surface area (Å²) in [5.74, 6) is -11.8. The summed E-state index contributed by atoms with van der Waals surface area (Å²) in [6, 6.07) is 34.6.